The molecule has 2 aliphatic heterocycles. The van der Waals surface area contributed by atoms with E-state index >= 15 is 0 Å². The van der Waals surface area contributed by atoms with Crippen LogP contribution in [0.3, 0.4) is 0 Å². The lowest BCUT2D eigenvalue weighted by Gasteiger charge is -2.40. The average Bonchev–Trinajstić information content (AvgIpc) is 3.36. The fourth-order valence-electron chi connectivity index (χ4n) is 5.90. The summed E-state index contributed by atoms with van der Waals surface area (Å²) in [4.78, 5) is 6.45. The summed E-state index contributed by atoms with van der Waals surface area (Å²) >= 11 is 0. The first-order valence-electron chi connectivity index (χ1n) is 12.6. The Balaban J connectivity index is 1.24. The molecule has 0 saturated carbocycles. The molecule has 196 valence electrons. The molecule has 6 rings (SSSR count). The molecule has 1 aromatic heterocycles. The van der Waals surface area contributed by atoms with Crippen molar-refractivity contribution in [3.63, 3.8) is 0 Å². The van der Waals surface area contributed by atoms with Crippen molar-refractivity contribution in [1.82, 2.24) is 18.8 Å². The Hall–Kier alpha value is -2.69. The molecule has 3 aliphatic rings. The summed E-state index contributed by atoms with van der Waals surface area (Å²) in [6.07, 6.45) is 1.21. The van der Waals surface area contributed by atoms with Gasteiger partial charge in [0.2, 0.25) is 0 Å². The minimum Gasteiger partial charge on any atom is -0.339 e. The zero-order valence-corrected chi connectivity index (χ0v) is 21.3. The highest BCUT2D eigenvalue weighted by Crippen LogP contribution is 2.43. The summed E-state index contributed by atoms with van der Waals surface area (Å²) in [5.41, 5.74) is 3.61. The maximum Gasteiger partial charge on any atom is 0.416 e. The number of imidazole rings is 1. The van der Waals surface area contributed by atoms with E-state index in [1.807, 2.05) is 0 Å². The first-order valence-corrected chi connectivity index (χ1v) is 14.0. The summed E-state index contributed by atoms with van der Waals surface area (Å²) in [7, 11) is -1.88. The van der Waals surface area contributed by atoms with Gasteiger partial charge >= 0.3 is 6.18 Å². The zero-order chi connectivity index (χ0) is 25.9. The van der Waals surface area contributed by atoms with Crippen LogP contribution in [0.2, 0.25) is 0 Å². The van der Waals surface area contributed by atoms with Gasteiger partial charge in [0.1, 0.15) is 0 Å². The predicted molar refractivity (Wildman–Crippen MR) is 133 cm³/mol. The molecular formula is C27H29F3N4O2S. The number of aromatic nitrogens is 2. The third kappa shape index (κ3) is 4.49. The van der Waals surface area contributed by atoms with Gasteiger partial charge in [-0.05, 0) is 60.7 Å². The summed E-state index contributed by atoms with van der Waals surface area (Å²) in [5, 5.41) is 0.0564. The monoisotopic (exact) mass is 530 g/mol. The van der Waals surface area contributed by atoms with E-state index in [0.29, 0.717) is 25.1 Å². The molecule has 2 atom stereocenters. The average molecular weight is 531 g/mol. The number of aryl methyl sites for hydroxylation is 1. The van der Waals surface area contributed by atoms with Crippen LogP contribution in [0.25, 0.3) is 0 Å². The SMILES string of the molecule is Cn1cnc(S(=O)(=O)N2CC(c3ccc4c(c3)C(Cc3cccc(C(F)(F)F)c3)C(N3CCC3)C4)C2)c1. The molecule has 0 radical (unpaired) electrons. The van der Waals surface area contributed by atoms with Crippen molar-refractivity contribution in [2.24, 2.45) is 7.05 Å². The molecule has 2 aromatic carbocycles. The molecular weight excluding hydrogens is 501 g/mol. The first kappa shape index (κ1) is 24.6. The second-order valence-corrected chi connectivity index (χ2v) is 12.4. The summed E-state index contributed by atoms with van der Waals surface area (Å²) in [6, 6.07) is 12.4. The van der Waals surface area contributed by atoms with Gasteiger partial charge in [0.05, 0.1) is 11.9 Å². The number of fused-ring (bicyclic) bond motifs is 1. The Morgan fingerprint density at radius 3 is 2.51 bits per heavy atom. The highest BCUT2D eigenvalue weighted by Gasteiger charge is 2.42. The Labute approximate surface area is 214 Å². The van der Waals surface area contributed by atoms with E-state index in [1.165, 1.54) is 40.1 Å². The number of hydrogen-bond acceptors (Lipinski definition) is 4. The van der Waals surface area contributed by atoms with E-state index in [-0.39, 0.29) is 22.9 Å². The van der Waals surface area contributed by atoms with Gasteiger partial charge < -0.3 is 4.57 Å². The normalized spacial score (nSPS) is 23.0. The van der Waals surface area contributed by atoms with Crippen LogP contribution in [0.15, 0.2) is 60.0 Å². The number of halogens is 3. The Morgan fingerprint density at radius 2 is 1.86 bits per heavy atom. The third-order valence-electron chi connectivity index (χ3n) is 8.14. The minimum atomic E-state index is -4.36. The van der Waals surface area contributed by atoms with Gasteiger partial charge in [-0.2, -0.15) is 17.5 Å². The zero-order valence-electron chi connectivity index (χ0n) is 20.5. The van der Waals surface area contributed by atoms with Crippen molar-refractivity contribution in [1.29, 1.82) is 0 Å². The van der Waals surface area contributed by atoms with E-state index in [1.54, 1.807) is 17.7 Å². The molecule has 2 saturated heterocycles. The van der Waals surface area contributed by atoms with E-state index in [9.17, 15) is 21.6 Å². The smallest absolute Gasteiger partial charge is 0.339 e. The fourth-order valence-corrected chi connectivity index (χ4v) is 7.40. The van der Waals surface area contributed by atoms with Crippen LogP contribution in [0, 0.1) is 0 Å². The van der Waals surface area contributed by atoms with Crippen molar-refractivity contribution < 1.29 is 21.6 Å². The number of benzene rings is 2. The van der Waals surface area contributed by atoms with E-state index < -0.39 is 21.8 Å². The minimum absolute atomic E-state index is 0.0564. The fraction of sp³-hybridized carbons (Fsp3) is 0.444. The molecule has 0 N–H and O–H groups in total. The van der Waals surface area contributed by atoms with Gasteiger partial charge in [-0.1, -0.05) is 36.4 Å². The number of rotatable bonds is 6. The Bertz CT molecular complexity index is 1430. The predicted octanol–water partition coefficient (Wildman–Crippen LogP) is 4.18. The highest BCUT2D eigenvalue weighted by molar-refractivity contribution is 7.89. The van der Waals surface area contributed by atoms with Gasteiger partial charge in [0.15, 0.2) is 5.03 Å². The molecule has 0 amide bonds. The topological polar surface area (TPSA) is 58.4 Å². The molecule has 6 nitrogen and oxygen atoms in total. The van der Waals surface area contributed by atoms with Gasteiger partial charge in [-0.15, -0.1) is 0 Å². The summed E-state index contributed by atoms with van der Waals surface area (Å²) in [5.74, 6) is 0.188. The van der Waals surface area contributed by atoms with Crippen LogP contribution in [-0.2, 0) is 36.1 Å². The van der Waals surface area contributed by atoms with Crippen LogP contribution < -0.4 is 0 Å². The number of sulfonamides is 1. The number of nitrogens with zero attached hydrogens (tertiary/aromatic N) is 4. The lowest BCUT2D eigenvalue weighted by atomic mass is 9.85. The molecule has 10 heteroatoms. The molecule has 3 aromatic rings. The highest BCUT2D eigenvalue weighted by atomic mass is 32.2. The van der Waals surface area contributed by atoms with Crippen molar-refractivity contribution in [2.75, 3.05) is 26.2 Å². The van der Waals surface area contributed by atoms with Crippen molar-refractivity contribution in [2.45, 2.75) is 48.3 Å². The molecule has 2 unspecified atom stereocenters. The van der Waals surface area contributed by atoms with Crippen molar-refractivity contribution >= 4 is 10.0 Å². The van der Waals surface area contributed by atoms with E-state index in [2.05, 4.69) is 28.1 Å². The molecule has 0 bridgehead atoms. The Morgan fingerprint density at radius 1 is 1.08 bits per heavy atom. The van der Waals surface area contributed by atoms with Crippen LogP contribution in [-0.4, -0.2) is 59.4 Å². The van der Waals surface area contributed by atoms with Gasteiger partial charge in [0, 0.05) is 44.2 Å². The molecule has 37 heavy (non-hydrogen) atoms. The largest absolute Gasteiger partial charge is 0.416 e. The molecule has 0 spiro atoms. The van der Waals surface area contributed by atoms with Crippen molar-refractivity contribution in [3.05, 3.63) is 82.8 Å². The molecule has 1 aliphatic carbocycles. The standard InChI is InChI=1S/C27H29F3N4O2S/c1-32-16-26(31-17-32)37(35,36)34-14-21(15-34)19-6-7-20-13-25(33-8-3-9-33)24(23(20)12-19)11-18-4-2-5-22(10-18)27(28,29)30/h2,4-7,10,12,16-17,21,24-25H,3,8-9,11,13-15H2,1H3. The molecule has 2 fully saturated rings. The maximum absolute atomic E-state index is 13.3. The van der Waals surface area contributed by atoms with Crippen LogP contribution in [0.4, 0.5) is 13.2 Å². The quantitative estimate of drug-likeness (QED) is 0.480. The maximum atomic E-state index is 13.3. The second kappa shape index (κ2) is 8.96. The van der Waals surface area contributed by atoms with Gasteiger partial charge in [-0.3, -0.25) is 4.90 Å². The molecule has 3 heterocycles. The van der Waals surface area contributed by atoms with E-state index in [4.69, 9.17) is 0 Å². The second-order valence-electron chi connectivity index (χ2n) is 10.5. The van der Waals surface area contributed by atoms with Gasteiger partial charge in [0.25, 0.3) is 10.0 Å². The summed E-state index contributed by atoms with van der Waals surface area (Å²) in [6.45, 7) is 2.83. The lowest BCUT2D eigenvalue weighted by Crippen LogP contribution is -2.48. The third-order valence-corrected chi connectivity index (χ3v) is 9.85. The van der Waals surface area contributed by atoms with Crippen molar-refractivity contribution in [3.8, 4) is 0 Å². The van der Waals surface area contributed by atoms with Crippen LogP contribution in [0.5, 0.6) is 0 Å². The van der Waals surface area contributed by atoms with E-state index in [0.717, 1.165) is 37.6 Å². The van der Waals surface area contributed by atoms with Crippen LogP contribution >= 0.6 is 0 Å². The lowest BCUT2D eigenvalue weighted by molar-refractivity contribution is -0.137. The van der Waals surface area contributed by atoms with Gasteiger partial charge in [-0.25, -0.2) is 13.4 Å². The van der Waals surface area contributed by atoms with Crippen LogP contribution in [0.1, 0.15) is 46.1 Å². The number of hydrogen-bond donors (Lipinski definition) is 0. The first-order chi connectivity index (χ1) is 17.6. The Kier molecular flexibility index (Phi) is 5.96. The summed E-state index contributed by atoms with van der Waals surface area (Å²) < 4.78 is 68.8. The number of likely N-dealkylation sites (tertiary alicyclic amines) is 1. The number of alkyl halides is 3.